The van der Waals surface area contributed by atoms with Crippen LogP contribution in [0, 0.1) is 6.92 Å². The summed E-state index contributed by atoms with van der Waals surface area (Å²) in [7, 11) is 1.95. The molecule has 5 heteroatoms. The largest absolute Gasteiger partial charge is 0.357 e. The van der Waals surface area contributed by atoms with Crippen molar-refractivity contribution in [1.82, 2.24) is 14.8 Å². The van der Waals surface area contributed by atoms with E-state index in [1.54, 1.807) is 11.3 Å². The van der Waals surface area contributed by atoms with Crippen LogP contribution in [0.3, 0.4) is 0 Å². The molecule has 16 heavy (non-hydrogen) atoms. The lowest BCUT2D eigenvalue weighted by Gasteiger charge is -2.01. The molecule has 2 aromatic heterocycles. The first kappa shape index (κ1) is 11.1. The van der Waals surface area contributed by atoms with Gasteiger partial charge in [-0.1, -0.05) is 6.92 Å². The lowest BCUT2D eigenvalue weighted by molar-refractivity contribution is 0.746. The van der Waals surface area contributed by atoms with Gasteiger partial charge in [-0.05, 0) is 13.3 Å². The predicted molar refractivity (Wildman–Crippen MR) is 66.8 cm³/mol. The van der Waals surface area contributed by atoms with Gasteiger partial charge in [-0.15, -0.1) is 11.3 Å². The second-order valence-electron chi connectivity index (χ2n) is 3.78. The molecule has 2 heterocycles. The van der Waals surface area contributed by atoms with Crippen LogP contribution in [0.4, 0.5) is 5.13 Å². The van der Waals surface area contributed by atoms with Crippen LogP contribution in [0.5, 0.6) is 0 Å². The summed E-state index contributed by atoms with van der Waals surface area (Å²) >= 11 is 1.64. The van der Waals surface area contributed by atoms with Crippen LogP contribution in [0.1, 0.15) is 23.9 Å². The number of hydrogen-bond acceptors (Lipinski definition) is 4. The Morgan fingerprint density at radius 3 is 2.94 bits per heavy atom. The van der Waals surface area contributed by atoms with Crippen LogP contribution in [0.25, 0.3) is 0 Å². The number of nitrogens with zero attached hydrogens (tertiary/aromatic N) is 3. The summed E-state index contributed by atoms with van der Waals surface area (Å²) in [4.78, 5) is 4.37. The molecule has 0 aromatic carbocycles. The molecule has 0 unspecified atom stereocenters. The lowest BCUT2D eigenvalue weighted by atomic mass is 10.2. The van der Waals surface area contributed by atoms with Crippen LogP contribution in [0.2, 0.25) is 0 Å². The maximum atomic E-state index is 4.41. The van der Waals surface area contributed by atoms with E-state index in [9.17, 15) is 0 Å². The number of rotatable bonds is 4. The fourth-order valence-corrected chi connectivity index (χ4v) is 2.32. The Hall–Kier alpha value is -1.36. The van der Waals surface area contributed by atoms with E-state index >= 15 is 0 Å². The smallest absolute Gasteiger partial charge is 0.183 e. The van der Waals surface area contributed by atoms with Crippen molar-refractivity contribution in [3.05, 3.63) is 28.5 Å². The fraction of sp³-hybridized carbons (Fsp3) is 0.455. The van der Waals surface area contributed by atoms with E-state index in [-0.39, 0.29) is 0 Å². The van der Waals surface area contributed by atoms with E-state index in [1.807, 2.05) is 24.0 Å². The van der Waals surface area contributed by atoms with Crippen LogP contribution < -0.4 is 5.32 Å². The van der Waals surface area contributed by atoms with Gasteiger partial charge in [0.2, 0.25) is 0 Å². The molecule has 0 saturated heterocycles. The van der Waals surface area contributed by atoms with Gasteiger partial charge < -0.3 is 5.32 Å². The van der Waals surface area contributed by atoms with E-state index in [2.05, 4.69) is 28.5 Å². The lowest BCUT2D eigenvalue weighted by Crippen LogP contribution is -2.00. The zero-order valence-electron chi connectivity index (χ0n) is 9.82. The van der Waals surface area contributed by atoms with E-state index in [1.165, 1.54) is 5.56 Å². The summed E-state index contributed by atoms with van der Waals surface area (Å²) in [5.41, 5.74) is 3.47. The first-order chi connectivity index (χ1) is 7.69. The molecule has 0 aliphatic carbocycles. The molecule has 0 saturated carbocycles. The molecule has 0 amide bonds. The first-order valence-corrected chi connectivity index (χ1v) is 6.24. The van der Waals surface area contributed by atoms with Gasteiger partial charge in [-0.2, -0.15) is 5.10 Å². The van der Waals surface area contributed by atoms with E-state index in [0.717, 1.165) is 29.5 Å². The van der Waals surface area contributed by atoms with Crippen molar-refractivity contribution in [2.45, 2.75) is 26.8 Å². The molecule has 0 spiro atoms. The minimum Gasteiger partial charge on any atom is -0.357 e. The predicted octanol–water partition coefficient (Wildman–Crippen LogP) is 2.36. The van der Waals surface area contributed by atoms with Gasteiger partial charge in [-0.3, -0.25) is 4.68 Å². The average molecular weight is 236 g/mol. The highest BCUT2D eigenvalue weighted by Gasteiger charge is 2.06. The molecule has 0 aliphatic rings. The van der Waals surface area contributed by atoms with Crippen molar-refractivity contribution < 1.29 is 0 Å². The van der Waals surface area contributed by atoms with Crippen molar-refractivity contribution in [3.63, 3.8) is 0 Å². The topological polar surface area (TPSA) is 42.7 Å². The summed E-state index contributed by atoms with van der Waals surface area (Å²) < 4.78 is 1.86. The molecule has 1 N–H and O–H groups in total. The standard InChI is InChI=1S/C11H16N4S/c1-4-10-9(6-15(3)14-10)5-12-11-13-8(2)7-16-11/h6-7H,4-5H2,1-3H3,(H,12,13). The number of aromatic nitrogens is 3. The second-order valence-corrected chi connectivity index (χ2v) is 4.63. The zero-order valence-corrected chi connectivity index (χ0v) is 10.6. The highest BCUT2D eigenvalue weighted by molar-refractivity contribution is 7.13. The molecule has 0 atom stereocenters. The van der Waals surface area contributed by atoms with E-state index in [0.29, 0.717) is 0 Å². The molecule has 4 nitrogen and oxygen atoms in total. The van der Waals surface area contributed by atoms with Crippen LogP contribution in [-0.2, 0) is 20.0 Å². The van der Waals surface area contributed by atoms with Crippen LogP contribution >= 0.6 is 11.3 Å². The summed E-state index contributed by atoms with van der Waals surface area (Å²) in [5, 5.41) is 10.8. The summed E-state index contributed by atoms with van der Waals surface area (Å²) in [5.74, 6) is 0. The van der Waals surface area contributed by atoms with E-state index < -0.39 is 0 Å². The maximum Gasteiger partial charge on any atom is 0.183 e. The Kier molecular flexibility index (Phi) is 3.24. The van der Waals surface area contributed by atoms with Gasteiger partial charge in [0.15, 0.2) is 5.13 Å². The second kappa shape index (κ2) is 4.65. The van der Waals surface area contributed by atoms with Gasteiger partial charge in [0, 0.05) is 30.7 Å². The summed E-state index contributed by atoms with van der Waals surface area (Å²) in [6, 6.07) is 0. The van der Waals surface area contributed by atoms with Gasteiger partial charge >= 0.3 is 0 Å². The average Bonchev–Trinajstić information content (AvgIpc) is 2.81. The normalized spacial score (nSPS) is 10.7. The highest BCUT2D eigenvalue weighted by atomic mass is 32.1. The third kappa shape index (κ3) is 2.41. The van der Waals surface area contributed by atoms with Gasteiger partial charge in [0.05, 0.1) is 11.4 Å². The van der Waals surface area contributed by atoms with Gasteiger partial charge in [-0.25, -0.2) is 4.98 Å². The van der Waals surface area contributed by atoms with Crippen molar-refractivity contribution in [2.24, 2.45) is 7.05 Å². The van der Waals surface area contributed by atoms with Crippen molar-refractivity contribution in [3.8, 4) is 0 Å². The highest BCUT2D eigenvalue weighted by Crippen LogP contribution is 2.16. The van der Waals surface area contributed by atoms with Crippen molar-refractivity contribution in [2.75, 3.05) is 5.32 Å². The summed E-state index contributed by atoms with van der Waals surface area (Å²) in [6.07, 6.45) is 3.03. The molecule has 2 rings (SSSR count). The Morgan fingerprint density at radius 2 is 2.31 bits per heavy atom. The van der Waals surface area contributed by atoms with E-state index in [4.69, 9.17) is 0 Å². The number of hydrogen-bond donors (Lipinski definition) is 1. The minimum atomic E-state index is 0.796. The zero-order chi connectivity index (χ0) is 11.5. The number of nitrogens with one attached hydrogen (secondary N) is 1. The molecule has 2 aromatic rings. The number of thiazole rings is 1. The fourth-order valence-electron chi connectivity index (χ4n) is 1.63. The Morgan fingerprint density at radius 1 is 1.50 bits per heavy atom. The SMILES string of the molecule is CCc1nn(C)cc1CNc1nc(C)cs1. The third-order valence-electron chi connectivity index (χ3n) is 2.38. The Labute approximate surface area is 99.3 Å². The molecule has 86 valence electrons. The molecular weight excluding hydrogens is 220 g/mol. The number of anilines is 1. The third-order valence-corrected chi connectivity index (χ3v) is 3.29. The Bertz CT molecular complexity index is 472. The van der Waals surface area contributed by atoms with Crippen LogP contribution in [0.15, 0.2) is 11.6 Å². The monoisotopic (exact) mass is 236 g/mol. The van der Waals surface area contributed by atoms with Crippen molar-refractivity contribution in [1.29, 1.82) is 0 Å². The quantitative estimate of drug-likeness (QED) is 0.886. The molecule has 0 fully saturated rings. The molecule has 0 radical (unpaired) electrons. The molecule has 0 aliphatic heterocycles. The van der Waals surface area contributed by atoms with Gasteiger partial charge in [0.25, 0.3) is 0 Å². The molecule has 0 bridgehead atoms. The number of aryl methyl sites for hydroxylation is 3. The molecular formula is C11H16N4S. The Balaban J connectivity index is 2.04. The maximum absolute atomic E-state index is 4.41. The minimum absolute atomic E-state index is 0.796. The summed E-state index contributed by atoms with van der Waals surface area (Å²) in [6.45, 7) is 4.92. The van der Waals surface area contributed by atoms with Crippen molar-refractivity contribution >= 4 is 16.5 Å². The first-order valence-electron chi connectivity index (χ1n) is 5.36. The van der Waals surface area contributed by atoms with Crippen LogP contribution in [-0.4, -0.2) is 14.8 Å². The van der Waals surface area contributed by atoms with Gasteiger partial charge in [0.1, 0.15) is 0 Å².